The molecule has 7 heteroatoms. The first-order chi connectivity index (χ1) is 14.6. The van der Waals surface area contributed by atoms with Gasteiger partial charge in [0, 0.05) is 41.2 Å². The maximum absolute atomic E-state index is 13.1. The van der Waals surface area contributed by atoms with E-state index in [0.29, 0.717) is 29.3 Å². The first-order valence-electron chi connectivity index (χ1n) is 9.83. The van der Waals surface area contributed by atoms with Crippen molar-refractivity contribution in [2.24, 2.45) is 0 Å². The Balaban J connectivity index is 1.38. The largest absolute Gasteiger partial charge is 0.334 e. The summed E-state index contributed by atoms with van der Waals surface area (Å²) < 4.78 is 0. The number of carbonyl (C=O) groups excluding carboxylic acids is 2. The lowest BCUT2D eigenvalue weighted by molar-refractivity contribution is -0.113. The first kappa shape index (κ1) is 20.6. The number of thiophene rings is 1. The van der Waals surface area contributed by atoms with Crippen LogP contribution in [-0.4, -0.2) is 34.0 Å². The van der Waals surface area contributed by atoms with Crippen molar-refractivity contribution in [1.82, 2.24) is 9.88 Å². The summed E-state index contributed by atoms with van der Waals surface area (Å²) >= 11 is 3.28. The average molecular weight is 438 g/mol. The number of nitrogens with zero attached hydrogens (tertiary/aromatic N) is 2. The predicted octanol–water partition coefficient (Wildman–Crippen LogP) is 4.52. The van der Waals surface area contributed by atoms with Crippen molar-refractivity contribution in [3.8, 4) is 0 Å². The second kappa shape index (κ2) is 9.45. The Labute approximate surface area is 184 Å². The van der Waals surface area contributed by atoms with Crippen LogP contribution in [0.5, 0.6) is 0 Å². The molecule has 0 radical (unpaired) electrons. The van der Waals surface area contributed by atoms with Crippen LogP contribution < -0.4 is 5.32 Å². The zero-order chi connectivity index (χ0) is 20.9. The molecular formula is C23H23N3O2S2. The maximum Gasteiger partial charge on any atom is 0.254 e. The van der Waals surface area contributed by atoms with Gasteiger partial charge in [0.25, 0.3) is 5.91 Å². The Morgan fingerprint density at radius 1 is 1.20 bits per heavy atom. The van der Waals surface area contributed by atoms with Crippen molar-refractivity contribution in [1.29, 1.82) is 0 Å². The molecule has 4 rings (SSSR count). The summed E-state index contributed by atoms with van der Waals surface area (Å²) in [6.07, 6.45) is 2.66. The molecule has 0 saturated carbocycles. The molecule has 3 aromatic rings. The van der Waals surface area contributed by atoms with Gasteiger partial charge in [0.15, 0.2) is 0 Å². The predicted molar refractivity (Wildman–Crippen MR) is 123 cm³/mol. The number of pyridine rings is 1. The highest BCUT2D eigenvalue weighted by atomic mass is 32.2. The molecule has 0 saturated heterocycles. The van der Waals surface area contributed by atoms with E-state index in [1.54, 1.807) is 17.5 Å². The van der Waals surface area contributed by atoms with Crippen LogP contribution in [0, 0.1) is 6.92 Å². The summed E-state index contributed by atoms with van der Waals surface area (Å²) in [5.41, 5.74) is 4.34. The molecule has 0 aliphatic carbocycles. The van der Waals surface area contributed by atoms with Crippen molar-refractivity contribution in [2.75, 3.05) is 17.6 Å². The van der Waals surface area contributed by atoms with Crippen molar-refractivity contribution in [2.45, 2.75) is 25.6 Å². The monoisotopic (exact) mass is 437 g/mol. The number of benzene rings is 1. The fourth-order valence-electron chi connectivity index (χ4n) is 3.51. The Kier molecular flexibility index (Phi) is 6.50. The maximum atomic E-state index is 13.1. The summed E-state index contributed by atoms with van der Waals surface area (Å²) in [6, 6.07) is 13.4. The number of fused-ring (bicyclic) bond motifs is 1. The van der Waals surface area contributed by atoms with Gasteiger partial charge in [-0.25, -0.2) is 0 Å². The minimum Gasteiger partial charge on any atom is -0.334 e. The third kappa shape index (κ3) is 4.74. The number of anilines is 1. The van der Waals surface area contributed by atoms with E-state index in [4.69, 9.17) is 0 Å². The Morgan fingerprint density at radius 3 is 2.93 bits per heavy atom. The van der Waals surface area contributed by atoms with Gasteiger partial charge in [0.2, 0.25) is 5.91 Å². The summed E-state index contributed by atoms with van der Waals surface area (Å²) in [7, 11) is 0. The summed E-state index contributed by atoms with van der Waals surface area (Å²) in [5.74, 6) is 0.960. The second-order valence-corrected chi connectivity index (χ2v) is 9.17. The molecule has 0 spiro atoms. The zero-order valence-electron chi connectivity index (χ0n) is 16.8. The number of hydrogen-bond acceptors (Lipinski definition) is 5. The van der Waals surface area contributed by atoms with Gasteiger partial charge in [0.1, 0.15) is 0 Å². The minimum absolute atomic E-state index is 0.0185. The highest BCUT2D eigenvalue weighted by Crippen LogP contribution is 2.27. The molecule has 154 valence electrons. The normalized spacial score (nSPS) is 13.0. The van der Waals surface area contributed by atoms with Crippen molar-refractivity contribution < 1.29 is 9.59 Å². The average Bonchev–Trinajstić information content (AvgIpc) is 3.23. The van der Waals surface area contributed by atoms with Gasteiger partial charge in [-0.3, -0.25) is 14.6 Å². The zero-order valence-corrected chi connectivity index (χ0v) is 18.4. The van der Waals surface area contributed by atoms with Crippen LogP contribution in [0.1, 0.15) is 32.1 Å². The number of hydrogen-bond donors (Lipinski definition) is 1. The number of carbonyl (C=O) groups is 2. The van der Waals surface area contributed by atoms with E-state index < -0.39 is 0 Å². The van der Waals surface area contributed by atoms with Gasteiger partial charge in [-0.15, -0.1) is 23.1 Å². The number of rotatable bonds is 6. The molecule has 1 aliphatic heterocycles. The van der Waals surface area contributed by atoms with Gasteiger partial charge >= 0.3 is 0 Å². The fourth-order valence-corrected chi connectivity index (χ4v) is 5.14. The van der Waals surface area contributed by atoms with Crippen LogP contribution in [0.2, 0.25) is 0 Å². The molecule has 1 aliphatic rings. The van der Waals surface area contributed by atoms with E-state index in [9.17, 15) is 9.59 Å². The Morgan fingerprint density at radius 2 is 2.10 bits per heavy atom. The summed E-state index contributed by atoms with van der Waals surface area (Å²) in [5, 5.41) is 5.05. The molecular weight excluding hydrogens is 414 g/mol. The van der Waals surface area contributed by atoms with Crippen molar-refractivity contribution in [3.63, 3.8) is 0 Å². The topological polar surface area (TPSA) is 62.3 Å². The molecule has 0 atom stereocenters. The number of aromatic nitrogens is 1. The molecule has 5 nitrogen and oxygen atoms in total. The molecule has 1 N–H and O–H groups in total. The lowest BCUT2D eigenvalue weighted by Gasteiger charge is -2.28. The lowest BCUT2D eigenvalue weighted by Crippen LogP contribution is -2.35. The number of nitrogens with one attached hydrogen (secondary N) is 1. The van der Waals surface area contributed by atoms with Gasteiger partial charge in [-0.2, -0.15) is 0 Å². The minimum atomic E-state index is -0.0792. The molecule has 2 aromatic heterocycles. The standard InChI is InChI=1S/C23H23N3O2S2/c1-16-19(23(28)26-11-8-21-17(13-26)9-12-30-21)6-4-7-20(16)25-22(27)15-29-14-18-5-2-3-10-24-18/h2-7,9-10,12H,8,11,13-15H2,1H3,(H,25,27). The van der Waals surface area contributed by atoms with Gasteiger partial charge in [-0.05, 0) is 60.2 Å². The first-order valence-corrected chi connectivity index (χ1v) is 11.9. The molecule has 3 heterocycles. The van der Waals surface area contributed by atoms with Crippen LogP contribution in [0.3, 0.4) is 0 Å². The van der Waals surface area contributed by atoms with E-state index >= 15 is 0 Å². The SMILES string of the molecule is Cc1c(NC(=O)CSCc2ccccn2)cccc1C(=O)N1CCc2sccc2C1. The molecule has 0 fully saturated rings. The quantitative estimate of drug-likeness (QED) is 0.616. The van der Waals surface area contributed by atoms with Crippen molar-refractivity contribution >= 4 is 40.6 Å². The number of amides is 2. The molecule has 0 bridgehead atoms. The third-order valence-corrected chi connectivity index (χ3v) is 7.13. The van der Waals surface area contributed by atoms with E-state index in [1.165, 1.54) is 22.2 Å². The highest BCUT2D eigenvalue weighted by Gasteiger charge is 2.24. The molecule has 1 aromatic carbocycles. The lowest BCUT2D eigenvalue weighted by atomic mass is 10.0. The second-order valence-electron chi connectivity index (χ2n) is 7.19. The molecule has 30 heavy (non-hydrogen) atoms. The fraction of sp³-hybridized carbons (Fsp3) is 0.261. The van der Waals surface area contributed by atoms with Crippen LogP contribution in [0.15, 0.2) is 54.0 Å². The van der Waals surface area contributed by atoms with E-state index in [1.807, 2.05) is 48.2 Å². The van der Waals surface area contributed by atoms with Crippen LogP contribution in [0.25, 0.3) is 0 Å². The smallest absolute Gasteiger partial charge is 0.254 e. The highest BCUT2D eigenvalue weighted by molar-refractivity contribution is 7.99. The molecule has 2 amide bonds. The summed E-state index contributed by atoms with van der Waals surface area (Å²) in [4.78, 5) is 33.1. The third-order valence-electron chi connectivity index (χ3n) is 5.14. The van der Waals surface area contributed by atoms with Gasteiger partial charge in [0.05, 0.1) is 11.4 Å². The summed E-state index contributed by atoms with van der Waals surface area (Å²) in [6.45, 7) is 3.27. The van der Waals surface area contributed by atoms with E-state index in [-0.39, 0.29) is 11.8 Å². The van der Waals surface area contributed by atoms with E-state index in [2.05, 4.69) is 21.7 Å². The Hall–Kier alpha value is -2.64. The number of thioether (sulfide) groups is 1. The van der Waals surface area contributed by atoms with E-state index in [0.717, 1.165) is 24.2 Å². The van der Waals surface area contributed by atoms with Crippen LogP contribution in [-0.2, 0) is 23.5 Å². The Bertz CT molecular complexity index is 1050. The van der Waals surface area contributed by atoms with Crippen LogP contribution in [0.4, 0.5) is 5.69 Å². The van der Waals surface area contributed by atoms with Gasteiger partial charge < -0.3 is 10.2 Å². The van der Waals surface area contributed by atoms with Crippen LogP contribution >= 0.6 is 23.1 Å². The van der Waals surface area contributed by atoms with Gasteiger partial charge in [-0.1, -0.05) is 12.1 Å². The van der Waals surface area contributed by atoms with Crippen molar-refractivity contribution in [3.05, 3.63) is 81.3 Å². The molecule has 0 unspecified atom stereocenters.